The van der Waals surface area contributed by atoms with E-state index in [4.69, 9.17) is 9.84 Å². The summed E-state index contributed by atoms with van der Waals surface area (Å²) >= 11 is 3.06. The summed E-state index contributed by atoms with van der Waals surface area (Å²) in [4.78, 5) is 23.9. The van der Waals surface area contributed by atoms with Gasteiger partial charge < -0.3 is 14.7 Å². The molecule has 1 amide bonds. The number of rotatable bonds is 7. The van der Waals surface area contributed by atoms with Gasteiger partial charge in [0.1, 0.15) is 0 Å². The third-order valence-corrected chi connectivity index (χ3v) is 3.28. The van der Waals surface area contributed by atoms with Crippen LogP contribution in [0.15, 0.2) is 22.7 Å². The Bertz CT molecular complexity index is 495. The summed E-state index contributed by atoms with van der Waals surface area (Å²) < 4.78 is 5.20. The largest absolute Gasteiger partial charge is 0.395 e. The molecule has 0 spiro atoms. The van der Waals surface area contributed by atoms with Crippen LogP contribution in [-0.4, -0.2) is 54.3 Å². The van der Waals surface area contributed by atoms with E-state index < -0.39 is 4.92 Å². The minimum Gasteiger partial charge on any atom is -0.395 e. The fourth-order valence-electron chi connectivity index (χ4n) is 1.61. The van der Waals surface area contributed by atoms with Gasteiger partial charge in [-0.1, -0.05) is 0 Å². The second-order valence-electron chi connectivity index (χ2n) is 3.93. The first kappa shape index (κ1) is 16.5. The first-order chi connectivity index (χ1) is 9.51. The first-order valence-corrected chi connectivity index (χ1v) is 6.63. The summed E-state index contributed by atoms with van der Waals surface area (Å²) in [6.45, 7) is 0.588. The van der Waals surface area contributed by atoms with Crippen molar-refractivity contribution in [2.45, 2.75) is 0 Å². The molecule has 8 heteroatoms. The fourth-order valence-corrected chi connectivity index (χ4v) is 2.00. The Kier molecular flexibility index (Phi) is 6.56. The summed E-state index contributed by atoms with van der Waals surface area (Å²) in [7, 11) is 1.51. The average Bonchev–Trinajstić information content (AvgIpc) is 2.43. The minimum absolute atomic E-state index is 0.145. The van der Waals surface area contributed by atoms with E-state index in [-0.39, 0.29) is 30.3 Å². The van der Waals surface area contributed by atoms with Gasteiger partial charge in [0.05, 0.1) is 22.6 Å². The maximum atomic E-state index is 12.2. The highest BCUT2D eigenvalue weighted by Crippen LogP contribution is 2.26. The minimum atomic E-state index is -0.563. The van der Waals surface area contributed by atoms with Gasteiger partial charge in [-0.2, -0.15) is 0 Å². The number of amides is 1. The number of ether oxygens (including phenoxy) is 1. The zero-order valence-electron chi connectivity index (χ0n) is 10.9. The molecule has 0 saturated heterocycles. The lowest BCUT2D eigenvalue weighted by molar-refractivity contribution is -0.385. The number of nitro groups is 1. The van der Waals surface area contributed by atoms with Gasteiger partial charge >= 0.3 is 0 Å². The number of nitrogens with zero attached hydrogens (tertiary/aromatic N) is 2. The van der Waals surface area contributed by atoms with Crippen LogP contribution >= 0.6 is 15.9 Å². The molecule has 0 unspecified atom stereocenters. The predicted molar refractivity (Wildman–Crippen MR) is 75.7 cm³/mol. The summed E-state index contributed by atoms with van der Waals surface area (Å²) in [5, 5.41) is 19.8. The van der Waals surface area contributed by atoms with Crippen LogP contribution in [0, 0.1) is 10.1 Å². The van der Waals surface area contributed by atoms with Crippen molar-refractivity contribution in [2.24, 2.45) is 0 Å². The lowest BCUT2D eigenvalue weighted by atomic mass is 10.1. The van der Waals surface area contributed by atoms with Gasteiger partial charge in [0, 0.05) is 31.8 Å². The topological polar surface area (TPSA) is 92.9 Å². The smallest absolute Gasteiger partial charge is 0.284 e. The van der Waals surface area contributed by atoms with Crippen LogP contribution in [0.2, 0.25) is 0 Å². The Morgan fingerprint density at radius 1 is 1.50 bits per heavy atom. The van der Waals surface area contributed by atoms with Gasteiger partial charge in [-0.15, -0.1) is 0 Å². The third-order valence-electron chi connectivity index (χ3n) is 2.61. The van der Waals surface area contributed by atoms with Crippen LogP contribution in [0.5, 0.6) is 0 Å². The molecule has 1 N–H and O–H groups in total. The number of carbonyl (C=O) groups excluding carboxylic acids is 1. The molecular formula is C12H15BrN2O5. The number of benzene rings is 1. The van der Waals surface area contributed by atoms with Crippen LogP contribution in [0.3, 0.4) is 0 Å². The van der Waals surface area contributed by atoms with Crippen molar-refractivity contribution < 1.29 is 19.6 Å². The SMILES string of the molecule is COCCN(CCO)C(=O)c1ccc(Br)c([N+](=O)[O-])c1. The quantitative estimate of drug-likeness (QED) is 0.595. The molecule has 0 saturated carbocycles. The average molecular weight is 347 g/mol. The molecule has 20 heavy (non-hydrogen) atoms. The van der Waals surface area contributed by atoms with Gasteiger partial charge in [0.15, 0.2) is 0 Å². The van der Waals surface area contributed by atoms with Crippen molar-refractivity contribution in [1.82, 2.24) is 4.90 Å². The third kappa shape index (κ3) is 4.26. The zero-order chi connectivity index (χ0) is 15.1. The van der Waals surface area contributed by atoms with E-state index in [9.17, 15) is 14.9 Å². The van der Waals surface area contributed by atoms with Gasteiger partial charge in [-0.05, 0) is 28.1 Å². The highest BCUT2D eigenvalue weighted by atomic mass is 79.9. The van der Waals surface area contributed by atoms with Gasteiger partial charge in [0.2, 0.25) is 0 Å². The monoisotopic (exact) mass is 346 g/mol. The predicted octanol–water partition coefficient (Wildman–Crippen LogP) is 1.44. The number of nitro benzene ring substituents is 1. The Morgan fingerprint density at radius 3 is 2.75 bits per heavy atom. The number of hydrogen-bond donors (Lipinski definition) is 1. The number of aliphatic hydroxyl groups is 1. The second-order valence-corrected chi connectivity index (χ2v) is 4.79. The molecule has 1 rings (SSSR count). The highest BCUT2D eigenvalue weighted by Gasteiger charge is 2.20. The van der Waals surface area contributed by atoms with E-state index in [1.54, 1.807) is 0 Å². The summed E-state index contributed by atoms with van der Waals surface area (Å²) in [5.41, 5.74) is 0.0241. The standard InChI is InChI=1S/C12H15BrN2O5/c1-20-7-5-14(4-6-16)12(17)9-2-3-10(13)11(8-9)15(18)19/h2-3,8,16H,4-7H2,1H3. The number of carbonyl (C=O) groups is 1. The molecule has 110 valence electrons. The van der Waals surface area contributed by atoms with Crippen molar-refractivity contribution in [3.8, 4) is 0 Å². The second kappa shape index (κ2) is 7.93. The number of methoxy groups -OCH3 is 1. The Morgan fingerprint density at radius 2 is 2.20 bits per heavy atom. The normalized spacial score (nSPS) is 10.3. The molecule has 0 aliphatic carbocycles. The number of aliphatic hydroxyl groups excluding tert-OH is 1. The lowest BCUT2D eigenvalue weighted by Gasteiger charge is -2.21. The van der Waals surface area contributed by atoms with Crippen molar-refractivity contribution in [3.05, 3.63) is 38.3 Å². The van der Waals surface area contributed by atoms with E-state index in [1.165, 1.54) is 30.2 Å². The summed E-state index contributed by atoms with van der Waals surface area (Å²) in [5.74, 6) is -0.383. The Balaban J connectivity index is 2.99. The molecule has 0 aliphatic rings. The maximum absolute atomic E-state index is 12.2. The highest BCUT2D eigenvalue weighted by molar-refractivity contribution is 9.10. The van der Waals surface area contributed by atoms with Crippen LogP contribution < -0.4 is 0 Å². The maximum Gasteiger partial charge on any atom is 0.284 e. The summed E-state index contributed by atoms with van der Waals surface area (Å²) in [6.07, 6.45) is 0. The van der Waals surface area contributed by atoms with Crippen LogP contribution in [0.4, 0.5) is 5.69 Å². The summed E-state index contributed by atoms with van der Waals surface area (Å²) in [6, 6.07) is 4.17. The number of halogens is 1. The van der Waals surface area contributed by atoms with Crippen LogP contribution in [0.1, 0.15) is 10.4 Å². The molecule has 0 radical (unpaired) electrons. The van der Waals surface area contributed by atoms with Crippen molar-refractivity contribution in [3.63, 3.8) is 0 Å². The lowest BCUT2D eigenvalue weighted by Crippen LogP contribution is -2.36. The van der Waals surface area contributed by atoms with Gasteiger partial charge in [0.25, 0.3) is 11.6 Å². The van der Waals surface area contributed by atoms with Crippen molar-refractivity contribution in [2.75, 3.05) is 33.4 Å². The molecule has 0 bridgehead atoms. The molecule has 0 heterocycles. The number of hydrogen-bond acceptors (Lipinski definition) is 5. The zero-order valence-corrected chi connectivity index (χ0v) is 12.5. The molecular weight excluding hydrogens is 332 g/mol. The molecule has 1 aromatic rings. The Hall–Kier alpha value is -1.51. The fraction of sp³-hybridized carbons (Fsp3) is 0.417. The molecule has 7 nitrogen and oxygen atoms in total. The molecule has 0 atom stereocenters. The van der Waals surface area contributed by atoms with E-state index in [1.807, 2.05) is 0 Å². The van der Waals surface area contributed by atoms with E-state index in [2.05, 4.69) is 15.9 Å². The molecule has 1 aromatic carbocycles. The Labute approximate surface area is 124 Å². The van der Waals surface area contributed by atoms with Crippen LogP contribution in [0.25, 0.3) is 0 Å². The molecule has 0 aliphatic heterocycles. The van der Waals surface area contributed by atoms with E-state index in [0.29, 0.717) is 17.6 Å². The van der Waals surface area contributed by atoms with Crippen molar-refractivity contribution in [1.29, 1.82) is 0 Å². The van der Waals surface area contributed by atoms with Gasteiger partial charge in [-0.3, -0.25) is 14.9 Å². The molecule has 0 aromatic heterocycles. The van der Waals surface area contributed by atoms with E-state index >= 15 is 0 Å². The van der Waals surface area contributed by atoms with Crippen molar-refractivity contribution >= 4 is 27.5 Å². The van der Waals surface area contributed by atoms with E-state index in [0.717, 1.165) is 0 Å². The van der Waals surface area contributed by atoms with Crippen LogP contribution in [-0.2, 0) is 4.74 Å². The molecule has 0 fully saturated rings. The first-order valence-electron chi connectivity index (χ1n) is 5.84. The van der Waals surface area contributed by atoms with Gasteiger partial charge in [-0.25, -0.2) is 0 Å².